The van der Waals surface area contributed by atoms with Crippen LogP contribution in [0.4, 0.5) is 27.6 Å². The molecule has 35 heavy (non-hydrogen) atoms. The van der Waals surface area contributed by atoms with E-state index in [2.05, 4.69) is 25.1 Å². The fourth-order valence-corrected chi connectivity index (χ4v) is 3.69. The molecule has 0 aliphatic rings. The van der Waals surface area contributed by atoms with Gasteiger partial charge < -0.3 is 10.5 Å². The second-order valence-electron chi connectivity index (χ2n) is 7.28. The predicted octanol–water partition coefficient (Wildman–Crippen LogP) is 5.19. The van der Waals surface area contributed by atoms with Crippen molar-refractivity contribution in [3.8, 4) is 22.4 Å². The molecule has 2 N–H and O–H groups in total. The smallest absolute Gasteiger partial charge is 0.345 e. The van der Waals surface area contributed by atoms with Crippen LogP contribution < -0.4 is 5.73 Å². The minimum atomic E-state index is -2.97. The van der Waals surface area contributed by atoms with Gasteiger partial charge in [0.15, 0.2) is 5.82 Å². The quantitative estimate of drug-likeness (QED) is 0.244. The molecule has 184 valence electrons. The molecule has 14 heteroatoms. The number of pyridine rings is 1. The number of aromatic nitrogens is 6. The Morgan fingerprint density at radius 3 is 2.51 bits per heavy atom. The summed E-state index contributed by atoms with van der Waals surface area (Å²) in [4.78, 5) is 4.34. The van der Waals surface area contributed by atoms with Gasteiger partial charge in [-0.25, -0.2) is 4.39 Å². The maximum absolute atomic E-state index is 14.5. The molecule has 0 amide bonds. The molecule has 1 atom stereocenters. The number of halogens is 6. The summed E-state index contributed by atoms with van der Waals surface area (Å²) in [6, 6.07) is 5.18. The Bertz CT molecular complexity index is 1300. The van der Waals surface area contributed by atoms with E-state index in [9.17, 15) is 22.0 Å². The van der Waals surface area contributed by atoms with Crippen molar-refractivity contribution in [1.82, 2.24) is 29.8 Å². The van der Waals surface area contributed by atoms with Crippen molar-refractivity contribution >= 4 is 17.3 Å². The van der Waals surface area contributed by atoms with Crippen molar-refractivity contribution in [2.24, 2.45) is 0 Å². The van der Waals surface area contributed by atoms with Crippen molar-refractivity contribution in [1.29, 1.82) is 0 Å². The summed E-state index contributed by atoms with van der Waals surface area (Å²) in [6.07, 6.45) is 5.29. The van der Waals surface area contributed by atoms with Gasteiger partial charge in [-0.1, -0.05) is 22.9 Å². The van der Waals surface area contributed by atoms with E-state index < -0.39 is 25.0 Å². The van der Waals surface area contributed by atoms with E-state index in [0.717, 1.165) is 6.20 Å². The summed E-state index contributed by atoms with van der Waals surface area (Å²) in [6.45, 7) is -6.23. The van der Waals surface area contributed by atoms with Crippen LogP contribution in [0.15, 0.2) is 49.1 Å². The lowest BCUT2D eigenvalue weighted by atomic mass is 10.0. The van der Waals surface area contributed by atoms with E-state index in [-0.39, 0.29) is 40.6 Å². The number of nitrogens with two attached hydrogens (primary N) is 1. The summed E-state index contributed by atoms with van der Waals surface area (Å²) < 4.78 is 72.1. The molecule has 0 fully saturated rings. The SMILES string of the molecule is Nc1ccc(Cl)c(F)c1-c1ccc(C(CCOC(F)F)n2cc(-c3cnnn3C(F)F)cn2)nc1. The third kappa shape index (κ3) is 5.25. The number of ether oxygens (including phenoxy) is 1. The molecule has 0 radical (unpaired) electrons. The van der Waals surface area contributed by atoms with Crippen LogP contribution in [0, 0.1) is 5.82 Å². The van der Waals surface area contributed by atoms with E-state index >= 15 is 0 Å². The lowest BCUT2D eigenvalue weighted by Gasteiger charge is -2.18. The zero-order valence-corrected chi connectivity index (χ0v) is 18.5. The highest BCUT2D eigenvalue weighted by atomic mass is 35.5. The third-order valence-corrected chi connectivity index (χ3v) is 5.45. The van der Waals surface area contributed by atoms with E-state index in [1.807, 2.05) is 0 Å². The molecule has 4 rings (SSSR count). The molecule has 1 unspecified atom stereocenters. The second kappa shape index (κ2) is 10.4. The van der Waals surface area contributed by atoms with Gasteiger partial charge >= 0.3 is 13.2 Å². The molecule has 1 aromatic carbocycles. The number of nitrogens with zero attached hydrogens (tertiary/aromatic N) is 6. The number of alkyl halides is 4. The molecular weight excluding hydrogens is 497 g/mol. The molecule has 0 aliphatic carbocycles. The van der Waals surface area contributed by atoms with Gasteiger partial charge in [0.25, 0.3) is 0 Å². The average Bonchev–Trinajstić information content (AvgIpc) is 3.50. The molecule has 0 bridgehead atoms. The monoisotopic (exact) mass is 513 g/mol. The highest BCUT2D eigenvalue weighted by molar-refractivity contribution is 6.31. The Balaban J connectivity index is 1.67. The van der Waals surface area contributed by atoms with Crippen molar-refractivity contribution in [2.75, 3.05) is 12.3 Å². The van der Waals surface area contributed by atoms with Crippen LogP contribution in [0.2, 0.25) is 5.02 Å². The summed E-state index contributed by atoms with van der Waals surface area (Å²) in [5.41, 5.74) is 7.15. The normalized spacial score (nSPS) is 12.6. The van der Waals surface area contributed by atoms with Gasteiger partial charge in [0.05, 0.1) is 41.5 Å². The largest absolute Gasteiger partial charge is 0.398 e. The summed E-state index contributed by atoms with van der Waals surface area (Å²) >= 11 is 5.86. The highest BCUT2D eigenvalue weighted by Crippen LogP contribution is 2.34. The van der Waals surface area contributed by atoms with Crippen LogP contribution in [-0.4, -0.2) is 43.0 Å². The Morgan fingerprint density at radius 2 is 1.83 bits per heavy atom. The van der Waals surface area contributed by atoms with Crippen LogP contribution in [-0.2, 0) is 4.74 Å². The average molecular weight is 514 g/mol. The van der Waals surface area contributed by atoms with Crippen LogP contribution in [0.1, 0.15) is 24.7 Å². The first-order valence-corrected chi connectivity index (χ1v) is 10.5. The topological polar surface area (TPSA) is 96.7 Å². The first-order chi connectivity index (χ1) is 16.8. The second-order valence-corrected chi connectivity index (χ2v) is 7.69. The standard InChI is InChI=1S/C21H17ClF5N7O/c22-13-2-3-14(28)18(19(13)23)11-1-4-15(29-7-11)16(5-6-35-21(26)27)33-10-12(8-31-33)17-9-30-32-34(17)20(24)25/h1-4,7-10,16,20-21H,5-6,28H2. The number of hydrogen-bond acceptors (Lipinski definition) is 6. The van der Waals surface area contributed by atoms with Gasteiger partial charge in [0.1, 0.15) is 0 Å². The van der Waals surface area contributed by atoms with E-state index in [1.165, 1.54) is 35.4 Å². The minimum Gasteiger partial charge on any atom is -0.398 e. The number of benzene rings is 1. The maximum atomic E-state index is 14.5. The molecular formula is C21H17ClF5N7O. The van der Waals surface area contributed by atoms with Crippen molar-refractivity contribution < 1.29 is 26.7 Å². The van der Waals surface area contributed by atoms with Crippen LogP contribution in [0.3, 0.4) is 0 Å². The Labute approximate surface area is 200 Å². The zero-order chi connectivity index (χ0) is 25.1. The fraction of sp³-hybridized carbons (Fsp3) is 0.238. The first-order valence-electron chi connectivity index (χ1n) is 10.1. The molecule has 0 saturated heterocycles. The number of hydrogen-bond donors (Lipinski definition) is 1. The maximum Gasteiger partial charge on any atom is 0.345 e. The summed E-state index contributed by atoms with van der Waals surface area (Å²) in [5, 5.41) is 10.9. The van der Waals surface area contributed by atoms with Gasteiger partial charge in [-0.05, 0) is 24.6 Å². The molecule has 4 aromatic rings. The number of rotatable bonds is 9. The van der Waals surface area contributed by atoms with Crippen molar-refractivity contribution in [3.05, 3.63) is 65.6 Å². The highest BCUT2D eigenvalue weighted by Gasteiger charge is 2.22. The predicted molar refractivity (Wildman–Crippen MR) is 116 cm³/mol. The number of nitrogen functional groups attached to an aromatic ring is 1. The third-order valence-electron chi connectivity index (χ3n) is 5.15. The first kappa shape index (κ1) is 24.5. The number of anilines is 1. The zero-order valence-electron chi connectivity index (χ0n) is 17.7. The van der Waals surface area contributed by atoms with Gasteiger partial charge in [0, 0.05) is 34.8 Å². The Kier molecular flexibility index (Phi) is 7.26. The van der Waals surface area contributed by atoms with Crippen molar-refractivity contribution in [3.63, 3.8) is 0 Å². The van der Waals surface area contributed by atoms with Gasteiger partial charge in [0.2, 0.25) is 0 Å². The summed E-state index contributed by atoms with van der Waals surface area (Å²) in [5.74, 6) is -0.705. The van der Waals surface area contributed by atoms with Crippen LogP contribution >= 0.6 is 11.6 Å². The molecule has 0 spiro atoms. The van der Waals surface area contributed by atoms with Crippen LogP contribution in [0.25, 0.3) is 22.4 Å². The van der Waals surface area contributed by atoms with Crippen LogP contribution in [0.5, 0.6) is 0 Å². The lowest BCUT2D eigenvalue weighted by molar-refractivity contribution is -0.130. The van der Waals surface area contributed by atoms with E-state index in [1.54, 1.807) is 12.1 Å². The van der Waals surface area contributed by atoms with E-state index in [4.69, 9.17) is 17.3 Å². The van der Waals surface area contributed by atoms with Gasteiger partial charge in [-0.15, -0.1) is 5.10 Å². The Morgan fingerprint density at radius 1 is 1.03 bits per heavy atom. The van der Waals surface area contributed by atoms with Crippen molar-refractivity contribution in [2.45, 2.75) is 25.6 Å². The fourth-order valence-electron chi connectivity index (χ4n) is 3.53. The van der Waals surface area contributed by atoms with E-state index in [0.29, 0.717) is 15.9 Å². The van der Waals surface area contributed by atoms with Gasteiger partial charge in [-0.3, -0.25) is 9.67 Å². The lowest BCUT2D eigenvalue weighted by Crippen LogP contribution is -2.16. The van der Waals surface area contributed by atoms with Gasteiger partial charge in [-0.2, -0.15) is 27.3 Å². The molecule has 0 aliphatic heterocycles. The molecule has 3 aromatic heterocycles. The molecule has 8 nitrogen and oxygen atoms in total. The Hall–Kier alpha value is -3.58. The minimum absolute atomic E-state index is 0.0176. The molecule has 3 heterocycles. The molecule has 0 saturated carbocycles. The summed E-state index contributed by atoms with van der Waals surface area (Å²) in [7, 11) is 0.